The van der Waals surface area contributed by atoms with Gasteiger partial charge in [-0.05, 0) is 135 Å². The number of allylic oxidation sites excluding steroid dienone is 16. The Hall–Kier alpha value is -4.02. The van der Waals surface area contributed by atoms with Crippen LogP contribution in [-0.4, -0.2) is 96.7 Å². The molecule has 5 unspecified atom stereocenters. The molecule has 0 amide bonds. The van der Waals surface area contributed by atoms with Crippen molar-refractivity contribution in [3.63, 3.8) is 0 Å². The summed E-state index contributed by atoms with van der Waals surface area (Å²) in [7, 11) is -9.95. The van der Waals surface area contributed by atoms with Gasteiger partial charge in [-0.25, -0.2) is 9.13 Å². The highest BCUT2D eigenvalue weighted by Gasteiger charge is 2.30. The molecule has 19 heteroatoms. The minimum absolute atomic E-state index is 0.0817. The van der Waals surface area contributed by atoms with Crippen LogP contribution in [0.2, 0.25) is 0 Å². The third-order valence-corrected chi connectivity index (χ3v) is 17.9. The van der Waals surface area contributed by atoms with Gasteiger partial charge < -0.3 is 33.8 Å². The molecule has 3 N–H and O–H groups in total. The summed E-state index contributed by atoms with van der Waals surface area (Å²) in [6, 6.07) is 0. The largest absolute Gasteiger partial charge is 0.472 e. The molecule has 0 aromatic heterocycles. The van der Waals surface area contributed by atoms with E-state index in [0.29, 0.717) is 25.7 Å². The molecule has 0 aromatic carbocycles. The zero-order chi connectivity index (χ0) is 71.8. The van der Waals surface area contributed by atoms with Crippen molar-refractivity contribution in [3.05, 3.63) is 97.2 Å². The van der Waals surface area contributed by atoms with Crippen LogP contribution in [0.15, 0.2) is 97.2 Å². The average molecular weight is 1420 g/mol. The molecule has 0 aliphatic rings. The summed E-state index contributed by atoms with van der Waals surface area (Å²) in [5, 5.41) is 10.6. The number of esters is 4. The number of aliphatic hydroxyl groups is 1. The third-order valence-electron chi connectivity index (χ3n) is 16.0. The third kappa shape index (κ3) is 70.4. The maximum Gasteiger partial charge on any atom is 0.472 e. The molecule has 566 valence electrons. The molecule has 0 aliphatic heterocycles. The highest BCUT2D eigenvalue weighted by Crippen LogP contribution is 2.45. The van der Waals surface area contributed by atoms with Gasteiger partial charge in [0.05, 0.1) is 26.4 Å². The molecule has 98 heavy (non-hydrogen) atoms. The van der Waals surface area contributed by atoms with E-state index in [9.17, 15) is 43.2 Å². The number of rotatable bonds is 72. The maximum absolute atomic E-state index is 13.1. The molecule has 0 bridgehead atoms. The summed E-state index contributed by atoms with van der Waals surface area (Å²) in [6.07, 6.45) is 74.0. The van der Waals surface area contributed by atoms with Crippen LogP contribution in [0.3, 0.4) is 0 Å². The zero-order valence-electron chi connectivity index (χ0n) is 61.7. The Labute approximate surface area is 595 Å². The van der Waals surface area contributed by atoms with Gasteiger partial charge in [0.15, 0.2) is 12.2 Å². The lowest BCUT2D eigenvalue weighted by atomic mass is 10.1. The predicted octanol–water partition coefficient (Wildman–Crippen LogP) is 22.0. The second-order valence-corrected chi connectivity index (χ2v) is 28.4. The first-order chi connectivity index (χ1) is 47.7. The smallest absolute Gasteiger partial charge is 0.462 e. The lowest BCUT2D eigenvalue weighted by Crippen LogP contribution is -2.30. The lowest BCUT2D eigenvalue weighted by Gasteiger charge is -2.21. The number of hydrogen-bond acceptors (Lipinski definition) is 15. The van der Waals surface area contributed by atoms with Crippen LogP contribution in [-0.2, 0) is 65.4 Å². The molecule has 17 nitrogen and oxygen atoms in total. The summed E-state index contributed by atoms with van der Waals surface area (Å²) >= 11 is 0. The van der Waals surface area contributed by atoms with E-state index in [1.54, 1.807) is 0 Å². The van der Waals surface area contributed by atoms with Gasteiger partial charge in [0.1, 0.15) is 19.3 Å². The Bertz CT molecular complexity index is 2240. The van der Waals surface area contributed by atoms with Gasteiger partial charge in [0.2, 0.25) is 0 Å². The molecule has 0 saturated heterocycles. The highest BCUT2D eigenvalue weighted by atomic mass is 31.2. The maximum atomic E-state index is 13.1. The number of phosphoric acid groups is 2. The number of carbonyl (C=O) groups is 4. The van der Waals surface area contributed by atoms with E-state index in [0.717, 1.165) is 193 Å². The zero-order valence-corrected chi connectivity index (χ0v) is 63.5. The normalized spacial score (nSPS) is 14.5. The van der Waals surface area contributed by atoms with Crippen molar-refractivity contribution in [1.29, 1.82) is 0 Å². The molecule has 0 radical (unpaired) electrons. The van der Waals surface area contributed by atoms with Gasteiger partial charge in [-0.3, -0.25) is 37.3 Å². The second-order valence-electron chi connectivity index (χ2n) is 25.5. The first-order valence-corrected chi connectivity index (χ1v) is 41.5. The van der Waals surface area contributed by atoms with Crippen molar-refractivity contribution >= 4 is 39.5 Å². The number of aliphatic hydroxyl groups excluding tert-OH is 1. The molecular weight excluding hydrogens is 1280 g/mol. The van der Waals surface area contributed by atoms with Gasteiger partial charge in [-0.1, -0.05) is 260 Å². The van der Waals surface area contributed by atoms with Crippen molar-refractivity contribution < 1.29 is 80.2 Å². The van der Waals surface area contributed by atoms with E-state index in [-0.39, 0.29) is 25.7 Å². The van der Waals surface area contributed by atoms with Gasteiger partial charge in [-0.2, -0.15) is 0 Å². The number of carbonyl (C=O) groups excluding carboxylic acids is 4. The summed E-state index contributed by atoms with van der Waals surface area (Å²) < 4.78 is 68.4. The fraction of sp³-hybridized carbons (Fsp3) is 0.747. The predicted molar refractivity (Wildman–Crippen MR) is 399 cm³/mol. The van der Waals surface area contributed by atoms with E-state index in [2.05, 4.69) is 125 Å². The van der Waals surface area contributed by atoms with Gasteiger partial charge in [0, 0.05) is 25.7 Å². The van der Waals surface area contributed by atoms with Crippen LogP contribution in [0.5, 0.6) is 0 Å². The summed E-state index contributed by atoms with van der Waals surface area (Å²) in [4.78, 5) is 72.8. The Morgan fingerprint density at radius 3 is 0.857 bits per heavy atom. The highest BCUT2D eigenvalue weighted by molar-refractivity contribution is 7.47. The van der Waals surface area contributed by atoms with Crippen LogP contribution >= 0.6 is 15.6 Å². The molecule has 0 aromatic rings. The Balaban J connectivity index is 5.33. The van der Waals surface area contributed by atoms with Crippen molar-refractivity contribution in [2.24, 2.45) is 0 Å². The monoisotopic (exact) mass is 1420 g/mol. The Morgan fingerprint density at radius 1 is 0.296 bits per heavy atom. The molecule has 0 saturated carbocycles. The van der Waals surface area contributed by atoms with E-state index < -0.39 is 97.5 Å². The molecule has 0 spiro atoms. The standard InChI is InChI=1S/C79H138O17P2/c1-5-9-13-17-21-25-29-32-35-36-39-41-45-48-52-56-60-64-77(82)89-69-74(95-78(83)65-61-57-53-49-43-28-24-20-16-12-8-4)71-93-97(85,86)91-67-73(80)68-92-98(87,88)94-72-75(96-79(84)66-62-58-54-50-46-42-38-34-31-27-23-19-15-11-7-3)70-90-76(81)63-59-55-51-47-44-40-37-33-30-26-22-18-14-10-6-2/h9-10,13-14,20-22,24-26,32-35,37-38,73-75,80H,5-8,11-12,15-19,23,27-31,36,39-72H2,1-4H3,(H,85,86)(H,87,88)/b13-9-,14-10-,24-20-,25-21-,26-22-,35-32-,37-33-,38-34-. The Morgan fingerprint density at radius 2 is 0.541 bits per heavy atom. The number of hydrogen-bond donors (Lipinski definition) is 3. The molecule has 0 heterocycles. The molecular formula is C79H138O17P2. The average Bonchev–Trinajstić information content (AvgIpc) is 0.986. The fourth-order valence-electron chi connectivity index (χ4n) is 10.2. The Kier molecular flexibility index (Phi) is 68.4. The van der Waals surface area contributed by atoms with E-state index in [1.165, 1.54) is 51.4 Å². The van der Waals surface area contributed by atoms with Crippen molar-refractivity contribution in [1.82, 2.24) is 0 Å². The summed E-state index contributed by atoms with van der Waals surface area (Å²) in [5.41, 5.74) is 0. The summed E-state index contributed by atoms with van der Waals surface area (Å²) in [6.45, 7) is 4.58. The van der Waals surface area contributed by atoms with Crippen molar-refractivity contribution in [2.75, 3.05) is 39.6 Å². The number of phosphoric ester groups is 2. The van der Waals surface area contributed by atoms with E-state index in [1.807, 2.05) is 0 Å². The topological polar surface area (TPSA) is 237 Å². The van der Waals surface area contributed by atoms with Crippen LogP contribution in [0.1, 0.15) is 323 Å². The van der Waals surface area contributed by atoms with Gasteiger partial charge >= 0.3 is 39.5 Å². The fourth-order valence-corrected chi connectivity index (χ4v) is 11.7. The first kappa shape index (κ1) is 94.0. The SMILES string of the molecule is CC/C=C\C/C=C\C/C=C\CCCCCCCCCC(=O)OCC(COP(=O)(O)OCC(O)COP(=O)(O)OCC(COC(=O)CCCCCCC/C=C\C/C=C\C/C=C\CC)OC(=O)CCCCCCC/C=C\CCCCCCCC)OC(=O)CCCCCCC/C=C\CCCC. The van der Waals surface area contributed by atoms with Crippen LogP contribution < -0.4 is 0 Å². The van der Waals surface area contributed by atoms with Gasteiger partial charge in [0.25, 0.3) is 0 Å². The molecule has 0 fully saturated rings. The van der Waals surface area contributed by atoms with E-state index in [4.69, 9.17) is 37.0 Å². The van der Waals surface area contributed by atoms with Crippen LogP contribution in [0.4, 0.5) is 0 Å². The summed E-state index contributed by atoms with van der Waals surface area (Å²) in [5.74, 6) is -2.21. The van der Waals surface area contributed by atoms with Crippen molar-refractivity contribution in [3.8, 4) is 0 Å². The minimum atomic E-state index is -4.98. The molecule has 5 atom stereocenters. The van der Waals surface area contributed by atoms with Crippen LogP contribution in [0.25, 0.3) is 0 Å². The van der Waals surface area contributed by atoms with Gasteiger partial charge in [-0.15, -0.1) is 0 Å². The van der Waals surface area contributed by atoms with E-state index >= 15 is 0 Å². The number of unbranched alkanes of at least 4 members (excludes halogenated alkanes) is 30. The second kappa shape index (κ2) is 71.4. The minimum Gasteiger partial charge on any atom is -0.462 e. The molecule has 0 aliphatic carbocycles. The molecule has 0 rings (SSSR count). The lowest BCUT2D eigenvalue weighted by molar-refractivity contribution is -0.161. The number of ether oxygens (including phenoxy) is 4. The quantitative estimate of drug-likeness (QED) is 0.0169. The first-order valence-electron chi connectivity index (χ1n) is 38.5. The van der Waals surface area contributed by atoms with Crippen molar-refractivity contribution in [2.45, 2.75) is 341 Å². The van der Waals surface area contributed by atoms with Crippen LogP contribution in [0, 0.1) is 0 Å².